The molecule has 5 heteroatoms. The van der Waals surface area contributed by atoms with E-state index in [1.54, 1.807) is 6.92 Å². The smallest absolute Gasteiger partial charge is 0.313 e. The minimum atomic E-state index is -0.547. The van der Waals surface area contributed by atoms with E-state index in [4.69, 9.17) is 14.2 Å². The SMILES string of the molecule is CCOC(=O)CC(=O)C1CCC2(C1)OCCO2. The number of esters is 1. The van der Waals surface area contributed by atoms with Crippen LogP contribution in [-0.4, -0.2) is 37.4 Å². The Balaban J connectivity index is 1.83. The summed E-state index contributed by atoms with van der Waals surface area (Å²) in [5.74, 6) is -1.17. The number of ketones is 1. The minimum absolute atomic E-state index is 0.0561. The molecule has 0 aromatic rings. The molecule has 1 unspecified atom stereocenters. The standard InChI is InChI=1S/C12H18O5/c1-2-15-11(14)7-10(13)9-3-4-12(8-9)16-5-6-17-12/h9H,2-8H2,1H3. The minimum Gasteiger partial charge on any atom is -0.466 e. The van der Waals surface area contributed by atoms with Gasteiger partial charge in [-0.1, -0.05) is 0 Å². The molecule has 0 bridgehead atoms. The summed E-state index contributed by atoms with van der Waals surface area (Å²) in [7, 11) is 0. The van der Waals surface area contributed by atoms with Crippen molar-refractivity contribution in [3.63, 3.8) is 0 Å². The van der Waals surface area contributed by atoms with Gasteiger partial charge in [0, 0.05) is 18.8 Å². The van der Waals surface area contributed by atoms with Crippen LogP contribution in [0.15, 0.2) is 0 Å². The molecule has 17 heavy (non-hydrogen) atoms. The van der Waals surface area contributed by atoms with E-state index in [1.165, 1.54) is 0 Å². The molecule has 0 aromatic heterocycles. The van der Waals surface area contributed by atoms with Crippen LogP contribution in [0.2, 0.25) is 0 Å². The lowest BCUT2D eigenvalue weighted by Gasteiger charge is -2.21. The van der Waals surface area contributed by atoms with Crippen LogP contribution in [0.1, 0.15) is 32.6 Å². The molecule has 0 aromatic carbocycles. The first-order chi connectivity index (χ1) is 8.15. The normalized spacial score (nSPS) is 26.3. The van der Waals surface area contributed by atoms with Gasteiger partial charge in [-0.2, -0.15) is 0 Å². The lowest BCUT2D eigenvalue weighted by Crippen LogP contribution is -2.27. The lowest BCUT2D eigenvalue weighted by atomic mass is 10.00. The van der Waals surface area contributed by atoms with Gasteiger partial charge in [-0.05, 0) is 13.3 Å². The molecule has 2 rings (SSSR count). The van der Waals surface area contributed by atoms with Gasteiger partial charge >= 0.3 is 5.97 Å². The summed E-state index contributed by atoms with van der Waals surface area (Å²) in [6.45, 7) is 3.23. The van der Waals surface area contributed by atoms with Gasteiger partial charge in [0.1, 0.15) is 12.2 Å². The molecule has 96 valence electrons. The molecule has 0 amide bonds. The number of ether oxygens (including phenoxy) is 3. The lowest BCUT2D eigenvalue weighted by molar-refractivity contribution is -0.156. The molecule has 0 radical (unpaired) electrons. The Morgan fingerprint density at radius 1 is 1.35 bits per heavy atom. The molecule has 0 N–H and O–H groups in total. The van der Waals surface area contributed by atoms with Gasteiger partial charge in [0.05, 0.1) is 19.8 Å². The Morgan fingerprint density at radius 2 is 2.06 bits per heavy atom. The largest absolute Gasteiger partial charge is 0.466 e. The Bertz CT molecular complexity index is 306. The first-order valence-electron chi connectivity index (χ1n) is 6.11. The van der Waals surface area contributed by atoms with Gasteiger partial charge in [0.15, 0.2) is 5.79 Å². The van der Waals surface area contributed by atoms with Gasteiger partial charge in [0.2, 0.25) is 0 Å². The third-order valence-electron chi connectivity index (χ3n) is 3.32. The van der Waals surface area contributed by atoms with E-state index >= 15 is 0 Å². The number of carbonyl (C=O) groups excluding carboxylic acids is 2. The first kappa shape index (κ1) is 12.5. The molecule has 1 heterocycles. The van der Waals surface area contributed by atoms with Crippen molar-refractivity contribution in [1.29, 1.82) is 0 Å². The number of hydrogen-bond acceptors (Lipinski definition) is 5. The topological polar surface area (TPSA) is 61.8 Å². The van der Waals surface area contributed by atoms with E-state index in [1.807, 2.05) is 0 Å². The van der Waals surface area contributed by atoms with Crippen molar-refractivity contribution < 1.29 is 23.8 Å². The Morgan fingerprint density at radius 3 is 2.71 bits per heavy atom. The van der Waals surface area contributed by atoms with Crippen molar-refractivity contribution in [3.8, 4) is 0 Å². The summed E-state index contributed by atoms with van der Waals surface area (Å²) in [4.78, 5) is 23.1. The first-order valence-corrected chi connectivity index (χ1v) is 6.11. The predicted molar refractivity (Wildman–Crippen MR) is 58.2 cm³/mol. The van der Waals surface area contributed by atoms with Crippen LogP contribution in [-0.2, 0) is 23.8 Å². The molecular weight excluding hydrogens is 224 g/mol. The molecular formula is C12H18O5. The highest BCUT2D eigenvalue weighted by Crippen LogP contribution is 2.41. The van der Waals surface area contributed by atoms with E-state index in [-0.39, 0.29) is 18.1 Å². The van der Waals surface area contributed by atoms with E-state index in [2.05, 4.69) is 0 Å². The zero-order valence-corrected chi connectivity index (χ0v) is 10.1. The van der Waals surface area contributed by atoms with Crippen LogP contribution >= 0.6 is 0 Å². The fraction of sp³-hybridized carbons (Fsp3) is 0.833. The summed E-state index contributed by atoms with van der Waals surface area (Å²) in [6.07, 6.45) is 1.92. The fourth-order valence-corrected chi connectivity index (χ4v) is 2.51. The second-order valence-corrected chi connectivity index (χ2v) is 4.50. The number of Topliss-reactive ketones (excluding diaryl/α,β-unsaturated/α-hetero) is 1. The maximum atomic E-state index is 11.9. The fourth-order valence-electron chi connectivity index (χ4n) is 2.51. The van der Waals surface area contributed by atoms with Gasteiger partial charge in [-0.15, -0.1) is 0 Å². The maximum Gasteiger partial charge on any atom is 0.313 e. The van der Waals surface area contributed by atoms with Crippen LogP contribution in [0, 0.1) is 5.92 Å². The molecule has 5 nitrogen and oxygen atoms in total. The van der Waals surface area contributed by atoms with Crippen LogP contribution in [0.5, 0.6) is 0 Å². The second-order valence-electron chi connectivity index (χ2n) is 4.50. The summed E-state index contributed by atoms with van der Waals surface area (Å²) < 4.78 is 15.9. The Labute approximate surface area is 100 Å². The molecule has 1 saturated carbocycles. The summed E-state index contributed by atoms with van der Waals surface area (Å²) in [5.41, 5.74) is 0. The van der Waals surface area contributed by atoms with Crippen LogP contribution in [0.25, 0.3) is 0 Å². The Hall–Kier alpha value is -0.940. The van der Waals surface area contributed by atoms with Gasteiger partial charge in [-0.3, -0.25) is 9.59 Å². The van der Waals surface area contributed by atoms with Crippen molar-refractivity contribution in [2.45, 2.75) is 38.4 Å². The summed E-state index contributed by atoms with van der Waals surface area (Å²) in [6, 6.07) is 0. The van der Waals surface area contributed by atoms with Crippen LogP contribution in [0.3, 0.4) is 0 Å². The molecule has 1 saturated heterocycles. The Kier molecular flexibility index (Phi) is 3.79. The molecule has 1 aliphatic heterocycles. The quantitative estimate of drug-likeness (QED) is 0.544. The van der Waals surface area contributed by atoms with Gasteiger partial charge in [0.25, 0.3) is 0 Å². The molecule has 1 atom stereocenters. The van der Waals surface area contributed by atoms with Crippen molar-refractivity contribution in [1.82, 2.24) is 0 Å². The van der Waals surface area contributed by atoms with Crippen LogP contribution < -0.4 is 0 Å². The summed E-state index contributed by atoms with van der Waals surface area (Å²) in [5, 5.41) is 0. The van der Waals surface area contributed by atoms with Crippen molar-refractivity contribution in [2.75, 3.05) is 19.8 Å². The third kappa shape index (κ3) is 2.84. The molecule has 2 aliphatic rings. The summed E-state index contributed by atoms with van der Waals surface area (Å²) >= 11 is 0. The van der Waals surface area contributed by atoms with Gasteiger partial charge < -0.3 is 14.2 Å². The highest BCUT2D eigenvalue weighted by Gasteiger charge is 2.46. The molecule has 1 aliphatic carbocycles. The van der Waals surface area contributed by atoms with E-state index in [0.29, 0.717) is 26.2 Å². The highest BCUT2D eigenvalue weighted by molar-refractivity contribution is 5.96. The number of hydrogen-bond donors (Lipinski definition) is 0. The predicted octanol–water partition coefficient (Wildman–Crippen LogP) is 1.05. The highest BCUT2D eigenvalue weighted by atomic mass is 16.7. The second kappa shape index (κ2) is 5.14. The molecule has 1 spiro atoms. The zero-order chi connectivity index (χ0) is 12.3. The van der Waals surface area contributed by atoms with Gasteiger partial charge in [-0.25, -0.2) is 0 Å². The maximum absolute atomic E-state index is 11.9. The van der Waals surface area contributed by atoms with Crippen molar-refractivity contribution in [3.05, 3.63) is 0 Å². The van der Waals surface area contributed by atoms with E-state index < -0.39 is 11.8 Å². The van der Waals surface area contributed by atoms with Crippen LogP contribution in [0.4, 0.5) is 0 Å². The van der Waals surface area contributed by atoms with Crippen molar-refractivity contribution in [2.24, 2.45) is 5.92 Å². The average molecular weight is 242 g/mol. The third-order valence-corrected chi connectivity index (χ3v) is 3.32. The molecule has 2 fully saturated rings. The van der Waals surface area contributed by atoms with E-state index in [9.17, 15) is 9.59 Å². The number of rotatable bonds is 4. The van der Waals surface area contributed by atoms with E-state index in [0.717, 1.165) is 12.8 Å². The average Bonchev–Trinajstić information content (AvgIpc) is 2.90. The number of carbonyl (C=O) groups is 2. The monoisotopic (exact) mass is 242 g/mol. The van der Waals surface area contributed by atoms with Crippen molar-refractivity contribution >= 4 is 11.8 Å². The zero-order valence-electron chi connectivity index (χ0n) is 10.1.